The molecule has 2 atom stereocenters. The van der Waals surface area contributed by atoms with Crippen molar-refractivity contribution in [1.82, 2.24) is 5.32 Å². The van der Waals surface area contributed by atoms with Crippen molar-refractivity contribution in [3.8, 4) is 0 Å². The lowest BCUT2D eigenvalue weighted by molar-refractivity contribution is -0.143. The van der Waals surface area contributed by atoms with Gasteiger partial charge in [0.2, 0.25) is 5.91 Å². The molecule has 2 unspecified atom stereocenters. The molecule has 0 spiro atoms. The Morgan fingerprint density at radius 1 is 0.375 bits per heavy atom. The maximum atomic E-state index is 12.4. The van der Waals surface area contributed by atoms with E-state index in [9.17, 15) is 19.8 Å². The van der Waals surface area contributed by atoms with E-state index in [1.54, 1.807) is 6.08 Å². The third kappa shape index (κ3) is 57.4. The fourth-order valence-electron chi connectivity index (χ4n) is 9.92. The Balaban J connectivity index is 3.34. The predicted molar refractivity (Wildman–Crippen MR) is 315 cm³/mol. The molecule has 0 aliphatic heterocycles. The van der Waals surface area contributed by atoms with Crippen molar-refractivity contribution in [3.05, 3.63) is 36.5 Å². The van der Waals surface area contributed by atoms with Gasteiger partial charge in [0.15, 0.2) is 0 Å². The van der Waals surface area contributed by atoms with Crippen LogP contribution in [-0.2, 0) is 14.3 Å². The molecule has 72 heavy (non-hydrogen) atoms. The van der Waals surface area contributed by atoms with Gasteiger partial charge < -0.3 is 20.3 Å². The number of unbranched alkanes of at least 4 members (excludes halogenated alkanes) is 45. The quantitative estimate of drug-likeness (QED) is 0.0320. The Bertz CT molecular complexity index is 1170. The zero-order valence-electron chi connectivity index (χ0n) is 48.4. The molecule has 1 amide bonds. The number of hydrogen-bond acceptors (Lipinski definition) is 5. The summed E-state index contributed by atoms with van der Waals surface area (Å²) in [4.78, 5) is 24.4. The smallest absolute Gasteiger partial charge is 0.305 e. The van der Waals surface area contributed by atoms with E-state index in [2.05, 4.69) is 43.5 Å². The van der Waals surface area contributed by atoms with Crippen LogP contribution in [0.4, 0.5) is 0 Å². The van der Waals surface area contributed by atoms with E-state index < -0.39 is 12.1 Å². The van der Waals surface area contributed by atoms with Crippen LogP contribution in [0.25, 0.3) is 0 Å². The average Bonchev–Trinajstić information content (AvgIpc) is 3.38. The highest BCUT2D eigenvalue weighted by Crippen LogP contribution is 2.17. The SMILES string of the molecule is CCCCCCC/C=C\CCCCCCCC(=O)OCCCCCCCCCCCCCC/C=C\CCCCCCCCCCCCCCCCCCC(=O)NC(CO)C(O)/C=C/CCCCCCCCC. The van der Waals surface area contributed by atoms with Crippen LogP contribution < -0.4 is 5.32 Å². The standard InChI is InChI=1S/C66H125NO5/c1-3-5-7-9-11-13-14-15-37-40-44-48-52-56-60-66(71)72-61-57-53-49-45-41-38-35-33-31-29-27-25-23-21-19-17-16-18-20-22-24-26-28-30-32-34-36-39-43-47-51-55-59-65(70)67-63(62-68)64(69)58-54-50-46-42-12-10-8-6-4-2/h14-15,19,21,54,58,63-64,68-69H,3-13,16-18,20,22-53,55-57,59-62H2,1-2H3,(H,67,70)/b15-14-,21-19-,58-54+. The number of hydrogen-bond donors (Lipinski definition) is 3. The molecule has 0 aromatic heterocycles. The summed E-state index contributed by atoms with van der Waals surface area (Å²) in [5.74, 6) is -0.0581. The summed E-state index contributed by atoms with van der Waals surface area (Å²) < 4.78 is 5.48. The van der Waals surface area contributed by atoms with E-state index in [-0.39, 0.29) is 18.5 Å². The molecule has 0 bridgehead atoms. The van der Waals surface area contributed by atoms with Crippen LogP contribution in [0.5, 0.6) is 0 Å². The molecule has 3 N–H and O–H groups in total. The maximum Gasteiger partial charge on any atom is 0.305 e. The largest absolute Gasteiger partial charge is 0.466 e. The first kappa shape index (κ1) is 70.1. The van der Waals surface area contributed by atoms with Crippen molar-refractivity contribution in [3.63, 3.8) is 0 Å². The Labute approximate surface area is 449 Å². The lowest BCUT2D eigenvalue weighted by atomic mass is 10.0. The summed E-state index contributed by atoms with van der Waals surface area (Å²) in [6.07, 6.45) is 77.9. The molecule has 0 aromatic carbocycles. The highest BCUT2D eigenvalue weighted by molar-refractivity contribution is 5.76. The van der Waals surface area contributed by atoms with Gasteiger partial charge in [-0.2, -0.15) is 0 Å². The van der Waals surface area contributed by atoms with Crippen molar-refractivity contribution in [1.29, 1.82) is 0 Å². The summed E-state index contributed by atoms with van der Waals surface area (Å²) >= 11 is 0. The van der Waals surface area contributed by atoms with Crippen LogP contribution >= 0.6 is 0 Å². The Morgan fingerprint density at radius 3 is 0.986 bits per heavy atom. The first-order valence-corrected chi connectivity index (χ1v) is 32.3. The molecule has 0 heterocycles. The van der Waals surface area contributed by atoms with Gasteiger partial charge in [-0.15, -0.1) is 0 Å². The van der Waals surface area contributed by atoms with Crippen molar-refractivity contribution < 1.29 is 24.5 Å². The van der Waals surface area contributed by atoms with Gasteiger partial charge >= 0.3 is 5.97 Å². The normalized spacial score (nSPS) is 12.8. The molecule has 0 rings (SSSR count). The summed E-state index contributed by atoms with van der Waals surface area (Å²) in [5, 5.41) is 23.0. The number of allylic oxidation sites excluding steroid dienone is 5. The number of aliphatic hydroxyl groups is 2. The predicted octanol–water partition coefficient (Wildman–Crippen LogP) is 20.4. The molecule has 0 aliphatic carbocycles. The van der Waals surface area contributed by atoms with Gasteiger partial charge in [0, 0.05) is 12.8 Å². The minimum atomic E-state index is -0.840. The fraction of sp³-hybridized carbons (Fsp3) is 0.879. The van der Waals surface area contributed by atoms with Gasteiger partial charge in [-0.25, -0.2) is 0 Å². The lowest BCUT2D eigenvalue weighted by Crippen LogP contribution is -2.45. The number of rotatable bonds is 60. The monoisotopic (exact) mass is 1010 g/mol. The average molecular weight is 1010 g/mol. The van der Waals surface area contributed by atoms with E-state index in [0.29, 0.717) is 19.4 Å². The highest BCUT2D eigenvalue weighted by Gasteiger charge is 2.18. The van der Waals surface area contributed by atoms with E-state index in [1.807, 2.05) is 6.08 Å². The van der Waals surface area contributed by atoms with Gasteiger partial charge in [0.05, 0.1) is 25.4 Å². The summed E-state index contributed by atoms with van der Waals surface area (Å²) in [6.45, 7) is 4.88. The second-order valence-corrected chi connectivity index (χ2v) is 22.1. The van der Waals surface area contributed by atoms with Crippen LogP contribution in [0.15, 0.2) is 36.5 Å². The van der Waals surface area contributed by atoms with Crippen LogP contribution in [0.3, 0.4) is 0 Å². The molecular weight excluding hydrogens is 887 g/mol. The summed E-state index contributed by atoms with van der Waals surface area (Å²) in [6, 6.07) is -0.623. The topological polar surface area (TPSA) is 95.9 Å². The third-order valence-corrected chi connectivity index (χ3v) is 14.9. The molecular formula is C66H125NO5. The molecule has 0 saturated carbocycles. The van der Waals surface area contributed by atoms with Crippen LogP contribution in [-0.4, -0.2) is 47.4 Å². The first-order chi connectivity index (χ1) is 35.5. The zero-order valence-corrected chi connectivity index (χ0v) is 48.4. The second-order valence-electron chi connectivity index (χ2n) is 22.1. The van der Waals surface area contributed by atoms with Gasteiger partial charge in [-0.05, 0) is 83.5 Å². The highest BCUT2D eigenvalue weighted by atomic mass is 16.5. The van der Waals surface area contributed by atoms with Crippen molar-refractivity contribution >= 4 is 11.9 Å². The molecule has 424 valence electrons. The number of aliphatic hydroxyl groups excluding tert-OH is 2. The van der Waals surface area contributed by atoms with E-state index in [1.165, 1.54) is 276 Å². The third-order valence-electron chi connectivity index (χ3n) is 14.9. The van der Waals surface area contributed by atoms with E-state index in [4.69, 9.17) is 4.74 Å². The molecule has 0 aliphatic rings. The lowest BCUT2D eigenvalue weighted by Gasteiger charge is -2.20. The van der Waals surface area contributed by atoms with Gasteiger partial charge in [-0.1, -0.05) is 288 Å². The minimum absolute atomic E-state index is 0.00926. The second kappa shape index (κ2) is 61.6. The van der Waals surface area contributed by atoms with Gasteiger partial charge in [0.25, 0.3) is 0 Å². The molecule has 6 heteroatoms. The number of amides is 1. The van der Waals surface area contributed by atoms with Crippen molar-refractivity contribution in [2.75, 3.05) is 13.2 Å². The van der Waals surface area contributed by atoms with Crippen LogP contribution in [0.1, 0.15) is 348 Å². The van der Waals surface area contributed by atoms with Crippen molar-refractivity contribution in [2.24, 2.45) is 0 Å². The first-order valence-electron chi connectivity index (χ1n) is 32.3. The van der Waals surface area contributed by atoms with Crippen molar-refractivity contribution in [2.45, 2.75) is 360 Å². The van der Waals surface area contributed by atoms with Gasteiger partial charge in [0.1, 0.15) is 0 Å². The number of ether oxygens (including phenoxy) is 1. The van der Waals surface area contributed by atoms with Gasteiger partial charge in [-0.3, -0.25) is 9.59 Å². The Hall–Kier alpha value is -1.92. The number of nitrogens with one attached hydrogen (secondary N) is 1. The molecule has 0 saturated heterocycles. The maximum absolute atomic E-state index is 12.4. The molecule has 0 fully saturated rings. The fourth-order valence-corrected chi connectivity index (χ4v) is 9.92. The Morgan fingerprint density at radius 2 is 0.653 bits per heavy atom. The molecule has 6 nitrogen and oxygen atoms in total. The van der Waals surface area contributed by atoms with Crippen LogP contribution in [0, 0.1) is 0 Å². The molecule has 0 aromatic rings. The molecule has 0 radical (unpaired) electrons. The number of esters is 1. The number of carbonyl (C=O) groups is 2. The number of carbonyl (C=O) groups excluding carboxylic acids is 2. The van der Waals surface area contributed by atoms with Crippen LogP contribution in [0.2, 0.25) is 0 Å². The minimum Gasteiger partial charge on any atom is -0.466 e. The van der Waals surface area contributed by atoms with E-state index in [0.717, 1.165) is 44.9 Å². The summed E-state index contributed by atoms with van der Waals surface area (Å²) in [7, 11) is 0. The summed E-state index contributed by atoms with van der Waals surface area (Å²) in [5.41, 5.74) is 0. The Kier molecular flexibility index (Phi) is 60.0. The van der Waals surface area contributed by atoms with E-state index >= 15 is 0 Å². The zero-order chi connectivity index (χ0) is 52.2.